The SMILES string of the molecule is O=C(CCc1nc(-c2cc3ccccc3o2)no1)N1CC(CN2CCCC2)Cc2ccccc21.O=C(O)C(=O)O. The number of rotatable bonds is 6. The molecule has 11 heteroatoms. The number of amides is 1. The highest BCUT2D eigenvalue weighted by Gasteiger charge is 2.30. The number of benzene rings is 2. The number of nitrogens with zero attached hydrogens (tertiary/aromatic N) is 4. The fourth-order valence-electron chi connectivity index (χ4n) is 5.27. The molecule has 0 saturated carbocycles. The lowest BCUT2D eigenvalue weighted by Gasteiger charge is -2.36. The first-order valence-corrected chi connectivity index (χ1v) is 13.3. The van der Waals surface area contributed by atoms with E-state index in [-0.39, 0.29) is 5.91 Å². The van der Waals surface area contributed by atoms with Gasteiger partial charge in [-0.15, -0.1) is 0 Å². The predicted molar refractivity (Wildman–Crippen MR) is 145 cm³/mol. The van der Waals surface area contributed by atoms with Crippen molar-refractivity contribution < 1.29 is 33.5 Å². The molecule has 11 nitrogen and oxygen atoms in total. The number of aliphatic carboxylic acids is 2. The number of carbonyl (C=O) groups excluding carboxylic acids is 1. The summed E-state index contributed by atoms with van der Waals surface area (Å²) in [5.74, 6) is -1.67. The molecule has 6 rings (SSSR count). The maximum Gasteiger partial charge on any atom is 0.414 e. The van der Waals surface area contributed by atoms with Crippen LogP contribution in [0.5, 0.6) is 0 Å². The first-order chi connectivity index (χ1) is 19.4. The van der Waals surface area contributed by atoms with Crippen LogP contribution in [0.2, 0.25) is 0 Å². The largest absolute Gasteiger partial charge is 0.473 e. The molecule has 40 heavy (non-hydrogen) atoms. The van der Waals surface area contributed by atoms with Gasteiger partial charge in [-0.3, -0.25) is 4.79 Å². The molecule has 2 N–H and O–H groups in total. The number of hydrogen-bond acceptors (Lipinski definition) is 8. The first kappa shape index (κ1) is 27.1. The lowest BCUT2D eigenvalue weighted by Crippen LogP contribution is -2.43. The van der Waals surface area contributed by atoms with Gasteiger partial charge >= 0.3 is 11.9 Å². The van der Waals surface area contributed by atoms with E-state index in [4.69, 9.17) is 28.7 Å². The van der Waals surface area contributed by atoms with Gasteiger partial charge < -0.3 is 29.0 Å². The summed E-state index contributed by atoms with van der Waals surface area (Å²) in [4.78, 5) is 40.5. The summed E-state index contributed by atoms with van der Waals surface area (Å²) in [6, 6.07) is 18.0. The minimum atomic E-state index is -1.82. The van der Waals surface area contributed by atoms with Crippen molar-refractivity contribution in [3.8, 4) is 11.6 Å². The van der Waals surface area contributed by atoms with Gasteiger partial charge in [0.15, 0.2) is 5.76 Å². The van der Waals surface area contributed by atoms with Crippen molar-refractivity contribution in [2.45, 2.75) is 32.1 Å². The zero-order valence-corrected chi connectivity index (χ0v) is 21.9. The Hall–Kier alpha value is -4.51. The Labute approximate surface area is 230 Å². The van der Waals surface area contributed by atoms with Crippen LogP contribution in [0.4, 0.5) is 5.69 Å². The van der Waals surface area contributed by atoms with Gasteiger partial charge in [0.25, 0.3) is 0 Å². The van der Waals surface area contributed by atoms with E-state index in [0.29, 0.717) is 36.2 Å². The molecule has 2 aromatic carbocycles. The van der Waals surface area contributed by atoms with Crippen molar-refractivity contribution in [1.82, 2.24) is 15.0 Å². The van der Waals surface area contributed by atoms with Gasteiger partial charge in [0.2, 0.25) is 17.6 Å². The number of furan rings is 1. The summed E-state index contributed by atoms with van der Waals surface area (Å²) >= 11 is 0. The van der Waals surface area contributed by atoms with Crippen LogP contribution < -0.4 is 4.90 Å². The Morgan fingerprint density at radius 1 is 0.975 bits per heavy atom. The van der Waals surface area contributed by atoms with E-state index in [2.05, 4.69) is 33.2 Å². The molecule has 1 atom stereocenters. The van der Waals surface area contributed by atoms with Crippen LogP contribution in [-0.4, -0.2) is 69.3 Å². The number of carbonyl (C=O) groups is 3. The topological polar surface area (TPSA) is 150 Å². The third-order valence-electron chi connectivity index (χ3n) is 7.10. The van der Waals surface area contributed by atoms with Crippen LogP contribution >= 0.6 is 0 Å². The second-order valence-corrected chi connectivity index (χ2v) is 9.98. The van der Waals surface area contributed by atoms with Crippen molar-refractivity contribution in [2.75, 3.05) is 31.1 Å². The molecule has 2 aliphatic rings. The number of para-hydroxylation sites is 2. The molecule has 0 aliphatic carbocycles. The molecule has 0 radical (unpaired) electrons. The fourth-order valence-corrected chi connectivity index (χ4v) is 5.27. The molecular weight excluding hydrogens is 516 g/mol. The summed E-state index contributed by atoms with van der Waals surface area (Å²) in [6.07, 6.45) is 4.33. The van der Waals surface area contributed by atoms with Gasteiger partial charge in [-0.25, -0.2) is 9.59 Å². The van der Waals surface area contributed by atoms with Crippen LogP contribution in [0.3, 0.4) is 0 Å². The van der Waals surface area contributed by atoms with Gasteiger partial charge in [-0.2, -0.15) is 4.98 Å². The van der Waals surface area contributed by atoms with Gasteiger partial charge in [-0.05, 0) is 62.0 Å². The van der Waals surface area contributed by atoms with Crippen molar-refractivity contribution in [3.05, 3.63) is 66.1 Å². The third kappa shape index (κ3) is 6.37. The quantitative estimate of drug-likeness (QED) is 0.341. The molecule has 1 amide bonds. The summed E-state index contributed by atoms with van der Waals surface area (Å²) in [6.45, 7) is 4.18. The molecule has 0 bridgehead atoms. The van der Waals surface area contributed by atoms with E-state index < -0.39 is 11.9 Å². The molecule has 1 unspecified atom stereocenters. The van der Waals surface area contributed by atoms with E-state index in [1.165, 1.54) is 31.5 Å². The summed E-state index contributed by atoms with van der Waals surface area (Å²) in [5.41, 5.74) is 3.08. The average molecular weight is 547 g/mol. The van der Waals surface area contributed by atoms with Gasteiger partial charge in [0.05, 0.1) is 0 Å². The molecule has 208 valence electrons. The van der Waals surface area contributed by atoms with E-state index in [9.17, 15) is 4.79 Å². The Kier molecular flexibility index (Phi) is 8.20. The number of likely N-dealkylation sites (tertiary alicyclic amines) is 1. The third-order valence-corrected chi connectivity index (χ3v) is 7.10. The number of carboxylic acids is 2. The standard InChI is InChI=1S/C27H28N4O3.C2H2O4/c32-26(12-11-25-28-27(29-34-25)24-16-21-8-2-4-10-23(21)33-24)31-18-19(17-30-13-5-6-14-30)15-20-7-1-3-9-22(20)31;3-1(4)2(5)6/h1-4,7-10,16,19H,5-6,11-15,17-18H2;(H,3,4)(H,5,6). The highest BCUT2D eigenvalue weighted by Crippen LogP contribution is 2.31. The Balaban J connectivity index is 0.000000487. The van der Waals surface area contributed by atoms with Crippen LogP contribution in [0.25, 0.3) is 22.6 Å². The van der Waals surface area contributed by atoms with Crippen molar-refractivity contribution in [1.29, 1.82) is 0 Å². The summed E-state index contributed by atoms with van der Waals surface area (Å²) in [5, 5.41) is 19.8. The molecule has 1 fully saturated rings. The molecule has 4 aromatic rings. The maximum atomic E-state index is 13.3. The van der Waals surface area contributed by atoms with Gasteiger partial charge in [-0.1, -0.05) is 41.6 Å². The molecule has 1 saturated heterocycles. The molecular formula is C29H30N4O7. The lowest BCUT2D eigenvalue weighted by molar-refractivity contribution is -0.159. The van der Waals surface area contributed by atoms with Gasteiger partial charge in [0.1, 0.15) is 5.58 Å². The Morgan fingerprint density at radius 3 is 2.45 bits per heavy atom. The monoisotopic (exact) mass is 546 g/mol. The number of hydrogen-bond donors (Lipinski definition) is 2. The summed E-state index contributed by atoms with van der Waals surface area (Å²) < 4.78 is 11.3. The molecule has 2 aliphatic heterocycles. The normalized spacial score (nSPS) is 16.8. The number of aromatic nitrogens is 2. The smallest absolute Gasteiger partial charge is 0.414 e. The van der Waals surface area contributed by atoms with Crippen LogP contribution in [0.1, 0.15) is 30.7 Å². The Morgan fingerprint density at radius 2 is 1.70 bits per heavy atom. The zero-order chi connectivity index (χ0) is 28.1. The number of anilines is 1. The number of aryl methyl sites for hydroxylation is 1. The number of fused-ring (bicyclic) bond motifs is 2. The van der Waals surface area contributed by atoms with Crippen LogP contribution in [0, 0.1) is 5.92 Å². The van der Waals surface area contributed by atoms with E-state index in [0.717, 1.165) is 36.2 Å². The average Bonchev–Trinajstić information content (AvgIpc) is 3.72. The molecule has 0 spiro atoms. The predicted octanol–water partition coefficient (Wildman–Crippen LogP) is 3.87. The van der Waals surface area contributed by atoms with E-state index in [1.54, 1.807) is 0 Å². The maximum absolute atomic E-state index is 13.3. The summed E-state index contributed by atoms with van der Waals surface area (Å²) in [7, 11) is 0. The van der Waals surface area contributed by atoms with Gasteiger partial charge in [0, 0.05) is 37.0 Å². The first-order valence-electron chi connectivity index (χ1n) is 13.3. The highest BCUT2D eigenvalue weighted by atomic mass is 16.5. The minimum Gasteiger partial charge on any atom is -0.473 e. The molecule has 2 aromatic heterocycles. The van der Waals surface area contributed by atoms with Crippen molar-refractivity contribution in [3.63, 3.8) is 0 Å². The van der Waals surface area contributed by atoms with Crippen molar-refractivity contribution >= 4 is 34.5 Å². The fraction of sp³-hybridized carbons (Fsp3) is 0.345. The Bertz CT molecular complexity index is 1460. The lowest BCUT2D eigenvalue weighted by atomic mass is 9.91. The van der Waals surface area contributed by atoms with Crippen molar-refractivity contribution in [2.24, 2.45) is 5.92 Å². The molecule has 4 heterocycles. The number of carboxylic acid groups (broad SMARTS) is 2. The van der Waals surface area contributed by atoms with Crippen LogP contribution in [-0.2, 0) is 27.2 Å². The second-order valence-electron chi connectivity index (χ2n) is 9.98. The zero-order valence-electron chi connectivity index (χ0n) is 21.9. The highest BCUT2D eigenvalue weighted by molar-refractivity contribution is 6.27. The van der Waals surface area contributed by atoms with Crippen LogP contribution in [0.15, 0.2) is 63.5 Å². The van der Waals surface area contributed by atoms with E-state index >= 15 is 0 Å². The van der Waals surface area contributed by atoms with E-state index in [1.807, 2.05) is 41.3 Å². The minimum absolute atomic E-state index is 0.0991. The second kappa shape index (κ2) is 12.1.